The molecule has 0 aliphatic carbocycles. The van der Waals surface area contributed by atoms with Crippen LogP contribution in [0.2, 0.25) is 0 Å². The largest absolute Gasteiger partial charge is 0.382 e. The Morgan fingerprint density at radius 2 is 2.07 bits per heavy atom. The summed E-state index contributed by atoms with van der Waals surface area (Å²) in [7, 11) is -0.686. The van der Waals surface area contributed by atoms with Gasteiger partial charge in [-0.1, -0.05) is 0 Å². The van der Waals surface area contributed by atoms with Gasteiger partial charge in [0, 0.05) is 12.5 Å². The summed E-state index contributed by atoms with van der Waals surface area (Å²) >= 11 is 0. The third-order valence-corrected chi connectivity index (χ3v) is 5.40. The van der Waals surface area contributed by atoms with Crippen molar-refractivity contribution in [2.75, 3.05) is 19.9 Å². The van der Waals surface area contributed by atoms with E-state index in [9.17, 15) is 8.42 Å². The summed E-state index contributed by atoms with van der Waals surface area (Å²) in [5.41, 5.74) is 6.78. The molecule has 2 aromatic heterocycles. The van der Waals surface area contributed by atoms with Crippen molar-refractivity contribution in [3.63, 3.8) is 0 Å². The molecule has 0 amide bonds. The second-order valence-corrected chi connectivity index (χ2v) is 8.27. The Kier molecular flexibility index (Phi) is 5.95. The van der Waals surface area contributed by atoms with E-state index in [-0.39, 0.29) is 11.9 Å². The number of nitrogens with zero attached hydrogens (tertiary/aromatic N) is 4. The van der Waals surface area contributed by atoms with Crippen LogP contribution in [-0.4, -0.2) is 66.5 Å². The van der Waals surface area contributed by atoms with E-state index >= 15 is 0 Å². The Morgan fingerprint density at radius 1 is 1.32 bits per heavy atom. The van der Waals surface area contributed by atoms with Crippen molar-refractivity contribution >= 4 is 27.0 Å². The third kappa shape index (κ3) is 4.00. The van der Waals surface area contributed by atoms with E-state index in [2.05, 4.69) is 19.7 Å². The first-order valence-electron chi connectivity index (χ1n) is 8.66. The van der Waals surface area contributed by atoms with Crippen molar-refractivity contribution in [2.45, 2.75) is 44.5 Å². The smallest absolute Gasteiger partial charge is 0.233 e. The summed E-state index contributed by atoms with van der Waals surface area (Å²) < 4.78 is 45.2. The molecule has 12 heteroatoms. The van der Waals surface area contributed by atoms with E-state index in [0.717, 1.165) is 5.41 Å². The zero-order valence-electron chi connectivity index (χ0n) is 16.0. The first-order valence-corrected chi connectivity index (χ1v) is 10.2. The van der Waals surface area contributed by atoms with E-state index < -0.39 is 34.6 Å². The van der Waals surface area contributed by atoms with Crippen molar-refractivity contribution in [3.8, 4) is 0 Å². The number of methoxy groups -OCH3 is 1. The number of anilines is 1. The quantitative estimate of drug-likeness (QED) is 0.650. The SMILES string of the molecule is CNS(=O)(=O)/C=C/[C@H]1OC(n2cnc3c(N)ncnc32)[C@H](OC)[C@@H]1OC(C)C. The number of rotatable bonds is 7. The average Bonchev–Trinajstić information content (AvgIpc) is 3.21. The standard InChI is InChI=1S/C16H24N6O5S/c1-9(2)26-12-10(5-6-28(23,24)18-3)27-16(13(12)25-4)22-8-21-11-14(17)19-7-20-15(11)22/h5-10,12-13,16,18H,1-4H3,(H2,17,19,20)/b6-5+/t10-,12-,13-,16?/m1/s1. The normalized spacial score (nSPS) is 26.0. The number of ether oxygens (including phenoxy) is 3. The third-order valence-electron chi connectivity index (χ3n) is 4.32. The van der Waals surface area contributed by atoms with E-state index in [1.807, 2.05) is 13.8 Å². The molecule has 28 heavy (non-hydrogen) atoms. The van der Waals surface area contributed by atoms with Crippen molar-refractivity contribution in [3.05, 3.63) is 24.1 Å². The number of imidazole rings is 1. The first-order chi connectivity index (χ1) is 13.3. The van der Waals surface area contributed by atoms with Crippen molar-refractivity contribution in [1.82, 2.24) is 24.2 Å². The lowest BCUT2D eigenvalue weighted by atomic mass is 10.1. The van der Waals surface area contributed by atoms with Gasteiger partial charge in [-0.05, 0) is 27.0 Å². The fourth-order valence-electron chi connectivity index (χ4n) is 3.07. The summed E-state index contributed by atoms with van der Waals surface area (Å²) in [6, 6.07) is 0. The summed E-state index contributed by atoms with van der Waals surface area (Å²) in [5, 5.41) is 1.05. The molecule has 1 saturated heterocycles. The summed E-state index contributed by atoms with van der Waals surface area (Å²) in [4.78, 5) is 12.4. The molecule has 0 saturated carbocycles. The molecule has 11 nitrogen and oxygen atoms in total. The van der Waals surface area contributed by atoms with Crippen LogP contribution in [-0.2, 0) is 24.2 Å². The molecule has 1 unspecified atom stereocenters. The Morgan fingerprint density at radius 3 is 2.71 bits per heavy atom. The van der Waals surface area contributed by atoms with Gasteiger partial charge < -0.3 is 19.9 Å². The van der Waals surface area contributed by atoms with Gasteiger partial charge in [0.15, 0.2) is 17.7 Å². The molecule has 1 aliphatic rings. The van der Waals surface area contributed by atoms with Gasteiger partial charge in [-0.15, -0.1) is 0 Å². The van der Waals surface area contributed by atoms with Crippen LogP contribution in [0.15, 0.2) is 24.1 Å². The monoisotopic (exact) mass is 412 g/mol. The highest BCUT2D eigenvalue weighted by Crippen LogP contribution is 2.36. The zero-order valence-corrected chi connectivity index (χ0v) is 16.8. The molecule has 1 aliphatic heterocycles. The highest BCUT2D eigenvalue weighted by atomic mass is 32.2. The van der Waals surface area contributed by atoms with Crippen LogP contribution in [0.1, 0.15) is 20.1 Å². The first kappa shape index (κ1) is 20.6. The maximum Gasteiger partial charge on any atom is 0.233 e. The van der Waals surface area contributed by atoms with Crippen LogP contribution in [0.5, 0.6) is 0 Å². The van der Waals surface area contributed by atoms with E-state index in [1.54, 1.807) is 4.57 Å². The molecule has 154 valence electrons. The fraction of sp³-hybridized carbons (Fsp3) is 0.562. The molecule has 2 aromatic rings. The average molecular weight is 412 g/mol. The zero-order chi connectivity index (χ0) is 20.5. The maximum atomic E-state index is 11.8. The second kappa shape index (κ2) is 8.09. The van der Waals surface area contributed by atoms with Gasteiger partial charge in [-0.3, -0.25) is 4.57 Å². The number of fused-ring (bicyclic) bond motifs is 1. The van der Waals surface area contributed by atoms with Crippen molar-refractivity contribution < 1.29 is 22.6 Å². The van der Waals surface area contributed by atoms with Crippen molar-refractivity contribution in [1.29, 1.82) is 0 Å². The molecule has 0 bridgehead atoms. The van der Waals surface area contributed by atoms with E-state index in [4.69, 9.17) is 19.9 Å². The Balaban J connectivity index is 2.00. The molecular formula is C16H24N6O5S. The van der Waals surface area contributed by atoms with Crippen LogP contribution in [0.4, 0.5) is 5.82 Å². The van der Waals surface area contributed by atoms with Crippen LogP contribution in [0.25, 0.3) is 11.2 Å². The molecule has 0 aromatic carbocycles. The van der Waals surface area contributed by atoms with Gasteiger partial charge in [0.2, 0.25) is 10.0 Å². The van der Waals surface area contributed by atoms with Crippen LogP contribution in [0.3, 0.4) is 0 Å². The minimum atomic E-state index is -3.56. The highest BCUT2D eigenvalue weighted by Gasteiger charge is 2.46. The van der Waals surface area contributed by atoms with Crippen LogP contribution >= 0.6 is 0 Å². The van der Waals surface area contributed by atoms with E-state index in [0.29, 0.717) is 11.2 Å². The van der Waals surface area contributed by atoms with Crippen molar-refractivity contribution in [2.24, 2.45) is 0 Å². The van der Waals surface area contributed by atoms with Crippen LogP contribution in [0, 0.1) is 0 Å². The molecule has 3 N–H and O–H groups in total. The van der Waals surface area contributed by atoms with Gasteiger partial charge in [-0.2, -0.15) is 0 Å². The molecule has 3 rings (SSSR count). The lowest BCUT2D eigenvalue weighted by Crippen LogP contribution is -2.37. The van der Waals surface area contributed by atoms with E-state index in [1.165, 1.54) is 32.9 Å². The minimum absolute atomic E-state index is 0.126. The number of sulfonamides is 1. The topological polar surface area (TPSA) is 143 Å². The summed E-state index contributed by atoms with van der Waals surface area (Å²) in [6.07, 6.45) is 1.78. The highest BCUT2D eigenvalue weighted by molar-refractivity contribution is 7.92. The summed E-state index contributed by atoms with van der Waals surface area (Å²) in [6.45, 7) is 3.76. The van der Waals surface area contributed by atoms with Crippen LogP contribution < -0.4 is 10.5 Å². The Bertz CT molecular complexity index is 960. The molecule has 0 spiro atoms. The lowest BCUT2D eigenvalue weighted by molar-refractivity contribution is -0.0756. The predicted octanol–water partition coefficient (Wildman–Crippen LogP) is 0.177. The maximum absolute atomic E-state index is 11.8. The number of aromatic nitrogens is 4. The number of nitrogen functional groups attached to an aromatic ring is 1. The predicted molar refractivity (Wildman–Crippen MR) is 102 cm³/mol. The molecule has 3 heterocycles. The Labute approximate surface area is 163 Å². The summed E-state index contributed by atoms with van der Waals surface area (Å²) in [5.74, 6) is 0.252. The van der Waals surface area contributed by atoms with Gasteiger partial charge in [0.05, 0.1) is 12.4 Å². The minimum Gasteiger partial charge on any atom is -0.382 e. The fourth-order valence-corrected chi connectivity index (χ4v) is 3.57. The van der Waals surface area contributed by atoms with Gasteiger partial charge in [0.25, 0.3) is 0 Å². The lowest BCUT2D eigenvalue weighted by Gasteiger charge is -2.24. The number of nitrogens with one attached hydrogen (secondary N) is 1. The molecule has 1 fully saturated rings. The number of hydrogen-bond acceptors (Lipinski definition) is 9. The van der Waals surface area contributed by atoms with Gasteiger partial charge in [-0.25, -0.2) is 28.1 Å². The number of hydrogen-bond donors (Lipinski definition) is 2. The molecule has 4 atom stereocenters. The molecule has 0 radical (unpaired) electrons. The second-order valence-electron chi connectivity index (χ2n) is 6.50. The van der Waals surface area contributed by atoms with Gasteiger partial charge >= 0.3 is 0 Å². The Hall–Kier alpha value is -2.12. The number of nitrogens with two attached hydrogens (primary N) is 1. The molecular weight excluding hydrogens is 388 g/mol. The van der Waals surface area contributed by atoms with Gasteiger partial charge in [0.1, 0.15) is 30.2 Å².